The van der Waals surface area contributed by atoms with Crippen LogP contribution in [0.1, 0.15) is 44.7 Å². The maximum Gasteiger partial charge on any atom is 0.335 e. The summed E-state index contributed by atoms with van der Waals surface area (Å²) in [6.45, 7) is 0.280. The Bertz CT molecular complexity index is 1430. The molecular weight excluding hydrogens is 515 g/mol. The van der Waals surface area contributed by atoms with Crippen LogP contribution in [0.25, 0.3) is 10.9 Å². The number of alkyl halides is 3. The number of hydrogen-bond donors (Lipinski definition) is 2. The molecule has 5 rings (SSSR count). The molecule has 1 amide bonds. The summed E-state index contributed by atoms with van der Waals surface area (Å²) in [6.07, 6.45) is -0.742. The van der Waals surface area contributed by atoms with E-state index >= 15 is 0 Å². The van der Waals surface area contributed by atoms with Crippen LogP contribution < -0.4 is 5.32 Å². The molecule has 1 aliphatic carbocycles. The van der Waals surface area contributed by atoms with Gasteiger partial charge in [-0.05, 0) is 12.1 Å². The Hall–Kier alpha value is -2.50. The van der Waals surface area contributed by atoms with Crippen molar-refractivity contribution >= 4 is 71.7 Å². The average molecular weight is 537 g/mol. The molecule has 0 radical (unpaired) electrons. The van der Waals surface area contributed by atoms with E-state index in [1.165, 1.54) is 24.3 Å². The molecule has 1 saturated carbocycles. The van der Waals surface area contributed by atoms with E-state index in [0.717, 1.165) is 25.0 Å². The molecule has 1 aliphatic rings. The molecule has 0 unspecified atom stereocenters. The van der Waals surface area contributed by atoms with Gasteiger partial charge in [-0.15, -0.1) is 0 Å². The molecule has 1 heterocycles. The van der Waals surface area contributed by atoms with Crippen LogP contribution in [0.2, 0.25) is 0 Å². The number of carboxylic acids is 1. The van der Waals surface area contributed by atoms with Crippen LogP contribution in [-0.2, 0) is 12.7 Å². The van der Waals surface area contributed by atoms with Crippen molar-refractivity contribution in [2.24, 2.45) is 0 Å². The SMILES string of the molecule is O=C(N[C]1([K])CC1)c1cc(F)cc2ccn(Cc3ccc(C(F)(F)F)cc3)c12.O=C(O)c1ccccc1. The maximum absolute atomic E-state index is 14.0. The molecule has 0 bridgehead atoms. The largest absolute Gasteiger partial charge is 0.478 e. The summed E-state index contributed by atoms with van der Waals surface area (Å²) in [4.78, 5) is 22.9. The van der Waals surface area contributed by atoms with Crippen molar-refractivity contribution in [3.05, 3.63) is 107 Å². The van der Waals surface area contributed by atoms with Crippen molar-refractivity contribution in [1.29, 1.82) is 0 Å². The van der Waals surface area contributed by atoms with Crippen LogP contribution in [-0.4, -0.2) is 70.1 Å². The van der Waals surface area contributed by atoms with Gasteiger partial charge in [0, 0.05) is 0 Å². The monoisotopic (exact) mass is 536 g/mol. The van der Waals surface area contributed by atoms with Crippen molar-refractivity contribution in [3.8, 4) is 0 Å². The van der Waals surface area contributed by atoms with Gasteiger partial charge in [0.15, 0.2) is 0 Å². The number of benzene rings is 3. The third-order valence-electron chi connectivity index (χ3n) is 6.14. The first kappa shape index (κ1) is 27.5. The maximum atomic E-state index is 14.0. The standard InChI is InChI=1S/C20H15F4N2O.C7H6O2.K/c21-15-9-13-7-8-26(11-12-1-3-14(4-2-12)20(22,23)24)18(13)17(10-15)19(27)25-16-5-6-16;8-7(9)6-4-2-1-3-5-6;/h1-4,7-10H,5-6,11H2,(H,25,27);1-5H,(H,8,9);. The molecule has 1 aromatic heterocycles. The Morgan fingerprint density at radius 3 is 2.19 bits per heavy atom. The number of amides is 1. The fourth-order valence-corrected chi connectivity index (χ4v) is 4.59. The third-order valence-corrected chi connectivity index (χ3v) is 8.09. The number of rotatable bonds is 5. The normalized spacial score (nSPS) is 14.0. The molecule has 0 saturated heterocycles. The van der Waals surface area contributed by atoms with Crippen molar-refractivity contribution < 1.29 is 32.3 Å². The van der Waals surface area contributed by atoms with E-state index in [1.807, 2.05) is 0 Å². The minimum Gasteiger partial charge on any atom is -0.478 e. The van der Waals surface area contributed by atoms with Gasteiger partial charge in [0.1, 0.15) is 0 Å². The number of nitrogens with one attached hydrogen (secondary N) is 1. The van der Waals surface area contributed by atoms with Crippen molar-refractivity contribution in [1.82, 2.24) is 9.88 Å². The Balaban J connectivity index is 0.000000301. The van der Waals surface area contributed by atoms with Gasteiger partial charge < -0.3 is 5.11 Å². The molecule has 3 aromatic carbocycles. The van der Waals surface area contributed by atoms with E-state index in [2.05, 4.69) is 5.32 Å². The third kappa shape index (κ3) is 7.08. The van der Waals surface area contributed by atoms with Gasteiger partial charge in [-0.2, -0.15) is 13.2 Å². The first-order chi connectivity index (χ1) is 17.4. The van der Waals surface area contributed by atoms with Crippen molar-refractivity contribution in [2.75, 3.05) is 0 Å². The number of aromatic carboxylic acids is 1. The summed E-state index contributed by atoms with van der Waals surface area (Å²) in [5.41, 5.74) is 1.11. The molecule has 2 N–H and O–H groups in total. The van der Waals surface area contributed by atoms with Crippen LogP contribution in [0, 0.1) is 5.82 Å². The van der Waals surface area contributed by atoms with E-state index in [9.17, 15) is 27.2 Å². The summed E-state index contributed by atoms with van der Waals surface area (Å²) in [5, 5.41) is 12.0. The van der Waals surface area contributed by atoms with Crippen LogP contribution in [0.5, 0.6) is 0 Å². The number of carbonyl (C=O) groups is 2. The summed E-state index contributed by atoms with van der Waals surface area (Å²) in [6, 6.07) is 17.5. The van der Waals surface area contributed by atoms with Crippen LogP contribution in [0.4, 0.5) is 17.6 Å². The van der Waals surface area contributed by atoms with Gasteiger partial charge in [0.05, 0.1) is 5.56 Å². The fourth-order valence-electron chi connectivity index (χ4n) is 3.85. The average Bonchev–Trinajstić information content (AvgIpc) is 3.45. The number of nitrogens with zero attached hydrogens (tertiary/aromatic N) is 1. The quantitative estimate of drug-likeness (QED) is 0.257. The molecule has 10 heteroatoms. The van der Waals surface area contributed by atoms with Gasteiger partial charge in [-0.1, -0.05) is 18.2 Å². The molecule has 37 heavy (non-hydrogen) atoms. The zero-order valence-electron chi connectivity index (χ0n) is 19.8. The second-order valence-electron chi connectivity index (χ2n) is 9.22. The molecule has 4 aromatic rings. The number of carbonyl (C=O) groups excluding carboxylic acids is 1. The molecule has 0 aliphatic heterocycles. The van der Waals surface area contributed by atoms with Crippen molar-refractivity contribution in [2.45, 2.75) is 25.2 Å². The smallest absolute Gasteiger partial charge is 0.335 e. The number of fused-ring (bicyclic) bond motifs is 1. The van der Waals surface area contributed by atoms with Gasteiger partial charge in [-0.3, -0.25) is 0 Å². The minimum absolute atomic E-state index is 0.0619. The van der Waals surface area contributed by atoms with E-state index in [1.54, 1.807) is 47.2 Å². The number of carboxylic acid groups (broad SMARTS) is 1. The van der Waals surface area contributed by atoms with E-state index in [4.69, 9.17) is 5.11 Å². The predicted molar refractivity (Wildman–Crippen MR) is 131 cm³/mol. The topological polar surface area (TPSA) is 71.3 Å². The number of halogens is 4. The second-order valence-corrected chi connectivity index (χ2v) is 12.2. The molecule has 5 nitrogen and oxygen atoms in total. The van der Waals surface area contributed by atoms with Crippen LogP contribution in [0.15, 0.2) is 79.0 Å². The van der Waals surface area contributed by atoms with Gasteiger partial charge >= 0.3 is 187 Å². The van der Waals surface area contributed by atoms with Gasteiger partial charge in [0.2, 0.25) is 0 Å². The molecular formula is C27H21F4KN2O3. The zero-order chi connectivity index (χ0) is 26.8. The second kappa shape index (κ2) is 11.1. The Kier molecular flexibility index (Phi) is 8.25. The van der Waals surface area contributed by atoms with Crippen LogP contribution >= 0.6 is 0 Å². The minimum atomic E-state index is -4.38. The molecule has 186 valence electrons. The molecule has 0 atom stereocenters. The fraction of sp³-hybridized carbons (Fsp3) is 0.185. The number of aromatic nitrogens is 1. The first-order valence-corrected chi connectivity index (χ1v) is 13.1. The molecule has 0 spiro atoms. The Labute approximate surface area is 244 Å². The van der Waals surface area contributed by atoms with Gasteiger partial charge in [0.25, 0.3) is 0 Å². The number of hydrogen-bond acceptors (Lipinski definition) is 2. The van der Waals surface area contributed by atoms with E-state index < -0.39 is 23.5 Å². The molecule has 1 fully saturated rings. The summed E-state index contributed by atoms with van der Waals surface area (Å²) >= 11 is 0.435. The summed E-state index contributed by atoms with van der Waals surface area (Å²) < 4.78 is 54.0. The van der Waals surface area contributed by atoms with Gasteiger partial charge in [-0.25, -0.2) is 4.79 Å². The Morgan fingerprint density at radius 2 is 1.65 bits per heavy atom. The zero-order valence-corrected chi connectivity index (χ0v) is 23.0. The van der Waals surface area contributed by atoms with E-state index in [0.29, 0.717) is 71.0 Å². The Morgan fingerprint density at radius 1 is 1.00 bits per heavy atom. The van der Waals surface area contributed by atoms with E-state index in [-0.39, 0.29) is 17.6 Å². The first-order valence-electron chi connectivity index (χ1n) is 11.5. The van der Waals surface area contributed by atoms with Crippen molar-refractivity contribution in [3.63, 3.8) is 0 Å². The summed E-state index contributed by atoms with van der Waals surface area (Å²) in [5.74, 6) is -1.68. The predicted octanol–water partition coefficient (Wildman–Crippen LogP) is 5.62. The van der Waals surface area contributed by atoms with Crippen LogP contribution in [0.3, 0.4) is 0 Å². The summed E-state index contributed by atoms with van der Waals surface area (Å²) in [7, 11) is 0.